The summed E-state index contributed by atoms with van der Waals surface area (Å²) < 4.78 is 0. The number of nitrogens with one attached hydrogen (secondary N) is 1. The van der Waals surface area contributed by atoms with Crippen LogP contribution >= 0.6 is 0 Å². The van der Waals surface area contributed by atoms with Crippen LogP contribution in [0.3, 0.4) is 0 Å². The zero-order valence-corrected chi connectivity index (χ0v) is 16.2. The first kappa shape index (κ1) is 18.4. The standard InChI is InChI=1S/C21H28N4O/c1-5-24-8-10-25(11-9-24)21(26)19-7-6-18(14-22-19)23-20-16(3)12-15(2)13-17(20)4/h6-7,12-14,23H,5,8-11H2,1-4H3. The van der Waals surface area contributed by atoms with Crippen molar-refractivity contribution in [3.8, 4) is 0 Å². The maximum Gasteiger partial charge on any atom is 0.272 e. The van der Waals surface area contributed by atoms with Gasteiger partial charge < -0.3 is 15.1 Å². The van der Waals surface area contributed by atoms with Gasteiger partial charge in [-0.15, -0.1) is 0 Å². The van der Waals surface area contributed by atoms with Crippen molar-refractivity contribution < 1.29 is 4.79 Å². The fraction of sp³-hybridized carbons (Fsp3) is 0.429. The average Bonchev–Trinajstić information content (AvgIpc) is 2.64. The minimum absolute atomic E-state index is 0.0231. The molecule has 0 spiro atoms. The molecule has 138 valence electrons. The van der Waals surface area contributed by atoms with Crippen LogP contribution in [0.1, 0.15) is 34.1 Å². The molecule has 5 nitrogen and oxygen atoms in total. The SMILES string of the molecule is CCN1CCN(C(=O)c2ccc(Nc3c(C)cc(C)cc3C)cn2)CC1. The molecule has 1 N–H and O–H groups in total. The van der Waals surface area contributed by atoms with Crippen LogP contribution in [-0.2, 0) is 0 Å². The van der Waals surface area contributed by atoms with Crippen molar-refractivity contribution in [1.29, 1.82) is 0 Å². The Hall–Kier alpha value is -2.40. The molecule has 1 aromatic carbocycles. The Kier molecular flexibility index (Phi) is 5.57. The lowest BCUT2D eigenvalue weighted by molar-refractivity contribution is 0.0637. The number of amides is 1. The summed E-state index contributed by atoms with van der Waals surface area (Å²) in [7, 11) is 0. The molecular weight excluding hydrogens is 324 g/mol. The first-order valence-corrected chi connectivity index (χ1v) is 9.30. The topological polar surface area (TPSA) is 48.5 Å². The minimum Gasteiger partial charge on any atom is -0.354 e. The lowest BCUT2D eigenvalue weighted by Crippen LogP contribution is -2.48. The van der Waals surface area contributed by atoms with E-state index in [1.807, 2.05) is 17.0 Å². The summed E-state index contributed by atoms with van der Waals surface area (Å²) in [6.07, 6.45) is 1.74. The molecule has 1 fully saturated rings. The fourth-order valence-corrected chi connectivity index (χ4v) is 3.55. The van der Waals surface area contributed by atoms with E-state index in [0.29, 0.717) is 5.69 Å². The van der Waals surface area contributed by atoms with Crippen LogP contribution < -0.4 is 5.32 Å². The van der Waals surface area contributed by atoms with Crippen LogP contribution in [0.2, 0.25) is 0 Å². The Balaban J connectivity index is 1.68. The molecule has 26 heavy (non-hydrogen) atoms. The van der Waals surface area contributed by atoms with Gasteiger partial charge in [0.15, 0.2) is 0 Å². The molecule has 1 aliphatic rings. The van der Waals surface area contributed by atoms with Gasteiger partial charge in [-0.3, -0.25) is 4.79 Å². The molecule has 0 saturated carbocycles. The predicted molar refractivity (Wildman–Crippen MR) is 106 cm³/mol. The van der Waals surface area contributed by atoms with E-state index >= 15 is 0 Å². The van der Waals surface area contributed by atoms with Crippen molar-refractivity contribution in [2.75, 3.05) is 38.0 Å². The Bertz CT molecular complexity index is 754. The molecule has 0 unspecified atom stereocenters. The molecule has 5 heteroatoms. The molecule has 1 amide bonds. The van der Waals surface area contributed by atoms with Gasteiger partial charge in [-0.05, 0) is 50.6 Å². The highest BCUT2D eigenvalue weighted by Crippen LogP contribution is 2.25. The largest absolute Gasteiger partial charge is 0.354 e. The lowest BCUT2D eigenvalue weighted by atomic mass is 10.0. The summed E-state index contributed by atoms with van der Waals surface area (Å²) in [4.78, 5) is 21.3. The fourth-order valence-electron chi connectivity index (χ4n) is 3.55. The highest BCUT2D eigenvalue weighted by Gasteiger charge is 2.22. The Morgan fingerprint density at radius 2 is 1.73 bits per heavy atom. The van der Waals surface area contributed by atoms with Crippen molar-refractivity contribution in [2.24, 2.45) is 0 Å². The monoisotopic (exact) mass is 352 g/mol. The van der Waals surface area contributed by atoms with Gasteiger partial charge in [0.05, 0.1) is 11.9 Å². The van der Waals surface area contributed by atoms with E-state index in [9.17, 15) is 4.79 Å². The van der Waals surface area contributed by atoms with Gasteiger partial charge in [0, 0.05) is 31.9 Å². The zero-order valence-electron chi connectivity index (χ0n) is 16.2. The number of benzene rings is 1. The van der Waals surface area contributed by atoms with E-state index in [1.165, 1.54) is 16.7 Å². The van der Waals surface area contributed by atoms with Crippen molar-refractivity contribution >= 4 is 17.3 Å². The third kappa shape index (κ3) is 4.05. The number of likely N-dealkylation sites (N-methyl/N-ethyl adjacent to an activating group) is 1. The molecule has 2 aromatic rings. The molecule has 0 bridgehead atoms. The summed E-state index contributed by atoms with van der Waals surface area (Å²) in [5.41, 5.74) is 6.18. The predicted octanol–water partition coefficient (Wildman–Crippen LogP) is 3.53. The van der Waals surface area contributed by atoms with E-state index in [2.05, 4.69) is 55.0 Å². The van der Waals surface area contributed by atoms with Crippen LogP contribution in [0.5, 0.6) is 0 Å². The number of aryl methyl sites for hydroxylation is 3. The summed E-state index contributed by atoms with van der Waals surface area (Å²) in [5.74, 6) is 0.0231. The number of rotatable bonds is 4. The summed E-state index contributed by atoms with van der Waals surface area (Å²) >= 11 is 0. The molecular formula is C21H28N4O. The summed E-state index contributed by atoms with van der Waals surface area (Å²) in [6, 6.07) is 8.07. The van der Waals surface area contributed by atoms with E-state index in [4.69, 9.17) is 0 Å². The molecule has 0 aliphatic carbocycles. The number of piperazine rings is 1. The highest BCUT2D eigenvalue weighted by molar-refractivity contribution is 5.92. The number of anilines is 2. The number of nitrogens with zero attached hydrogens (tertiary/aromatic N) is 3. The number of aromatic nitrogens is 1. The minimum atomic E-state index is 0.0231. The Morgan fingerprint density at radius 1 is 1.08 bits per heavy atom. The van der Waals surface area contributed by atoms with Crippen molar-refractivity contribution in [1.82, 2.24) is 14.8 Å². The first-order chi connectivity index (χ1) is 12.5. The second kappa shape index (κ2) is 7.87. The number of carbonyl (C=O) groups excluding carboxylic acids is 1. The highest BCUT2D eigenvalue weighted by atomic mass is 16.2. The third-order valence-corrected chi connectivity index (χ3v) is 5.04. The van der Waals surface area contributed by atoms with Gasteiger partial charge in [-0.1, -0.05) is 24.6 Å². The van der Waals surface area contributed by atoms with E-state index < -0.39 is 0 Å². The molecule has 2 heterocycles. The van der Waals surface area contributed by atoms with E-state index in [0.717, 1.165) is 44.1 Å². The van der Waals surface area contributed by atoms with E-state index in [1.54, 1.807) is 6.20 Å². The molecule has 1 saturated heterocycles. The van der Waals surface area contributed by atoms with Crippen LogP contribution in [-0.4, -0.2) is 53.4 Å². The van der Waals surface area contributed by atoms with Crippen molar-refractivity contribution in [2.45, 2.75) is 27.7 Å². The van der Waals surface area contributed by atoms with Gasteiger partial charge in [0.1, 0.15) is 5.69 Å². The zero-order chi connectivity index (χ0) is 18.7. The Labute approximate surface area is 156 Å². The molecule has 1 aromatic heterocycles. The lowest BCUT2D eigenvalue weighted by Gasteiger charge is -2.33. The van der Waals surface area contributed by atoms with Crippen molar-refractivity contribution in [3.63, 3.8) is 0 Å². The Morgan fingerprint density at radius 3 is 2.27 bits per heavy atom. The average molecular weight is 352 g/mol. The molecule has 3 rings (SSSR count). The summed E-state index contributed by atoms with van der Waals surface area (Å²) in [5, 5.41) is 3.43. The molecule has 1 aliphatic heterocycles. The van der Waals surface area contributed by atoms with Crippen LogP contribution in [0.4, 0.5) is 11.4 Å². The number of hydrogen-bond acceptors (Lipinski definition) is 4. The number of carbonyl (C=O) groups is 1. The first-order valence-electron chi connectivity index (χ1n) is 9.30. The number of pyridine rings is 1. The molecule has 0 atom stereocenters. The van der Waals surface area contributed by atoms with Gasteiger partial charge in [0.2, 0.25) is 0 Å². The van der Waals surface area contributed by atoms with Crippen LogP contribution in [0.25, 0.3) is 0 Å². The maximum absolute atomic E-state index is 12.6. The summed E-state index contributed by atoms with van der Waals surface area (Å²) in [6.45, 7) is 12.9. The second-order valence-electron chi connectivity index (χ2n) is 7.06. The maximum atomic E-state index is 12.6. The van der Waals surface area contributed by atoms with Crippen molar-refractivity contribution in [3.05, 3.63) is 52.8 Å². The van der Waals surface area contributed by atoms with E-state index in [-0.39, 0.29) is 5.91 Å². The third-order valence-electron chi connectivity index (χ3n) is 5.04. The van der Waals surface area contributed by atoms with Crippen LogP contribution in [0, 0.1) is 20.8 Å². The quantitative estimate of drug-likeness (QED) is 0.914. The van der Waals surface area contributed by atoms with Gasteiger partial charge in [-0.2, -0.15) is 0 Å². The normalized spacial score (nSPS) is 15.2. The van der Waals surface area contributed by atoms with Gasteiger partial charge in [0.25, 0.3) is 5.91 Å². The second-order valence-corrected chi connectivity index (χ2v) is 7.06. The molecule has 0 radical (unpaired) electrons. The smallest absolute Gasteiger partial charge is 0.272 e. The van der Waals surface area contributed by atoms with Crippen LogP contribution in [0.15, 0.2) is 30.5 Å². The van der Waals surface area contributed by atoms with Gasteiger partial charge >= 0.3 is 0 Å². The van der Waals surface area contributed by atoms with Gasteiger partial charge in [-0.25, -0.2) is 4.98 Å². The number of hydrogen-bond donors (Lipinski definition) is 1.